The van der Waals surface area contributed by atoms with Crippen LogP contribution in [0, 0.1) is 17.2 Å². The van der Waals surface area contributed by atoms with Crippen LogP contribution in [0.3, 0.4) is 0 Å². The van der Waals surface area contributed by atoms with Crippen LogP contribution in [0.1, 0.15) is 35.2 Å². The summed E-state index contributed by atoms with van der Waals surface area (Å²) in [6, 6.07) is 7.22. The number of thiophene rings is 1. The molecule has 1 aliphatic carbocycles. The Morgan fingerprint density at radius 3 is 2.85 bits per heavy atom. The lowest BCUT2D eigenvalue weighted by atomic mass is 9.89. The molecule has 1 atom stereocenters. The number of nitrogens with one attached hydrogen (secondary N) is 1. The second-order valence-electron chi connectivity index (χ2n) is 6.75. The number of rotatable bonds is 2. The van der Waals surface area contributed by atoms with Gasteiger partial charge in [-0.1, -0.05) is 36.2 Å². The van der Waals surface area contributed by atoms with Gasteiger partial charge in [0, 0.05) is 20.5 Å². The highest BCUT2D eigenvalue weighted by Gasteiger charge is 2.23. The van der Waals surface area contributed by atoms with Crippen molar-refractivity contribution in [3.8, 4) is 6.07 Å². The topological polar surface area (TPSA) is 69.5 Å². The van der Waals surface area contributed by atoms with Crippen LogP contribution in [-0.4, -0.2) is 9.97 Å². The maximum atomic E-state index is 12.7. The van der Waals surface area contributed by atoms with E-state index in [-0.39, 0.29) is 17.0 Å². The number of halogens is 2. The van der Waals surface area contributed by atoms with Gasteiger partial charge in [0.2, 0.25) is 0 Å². The van der Waals surface area contributed by atoms with E-state index in [1.54, 1.807) is 35.6 Å². The molecule has 0 aliphatic heterocycles. The summed E-state index contributed by atoms with van der Waals surface area (Å²) >= 11 is 13.9. The number of nitriles is 1. The number of fused-ring (bicyclic) bond motifs is 3. The van der Waals surface area contributed by atoms with Gasteiger partial charge in [-0.2, -0.15) is 5.26 Å². The molecular formula is C20H15Cl2N3OS. The monoisotopic (exact) mass is 415 g/mol. The number of nitrogens with zero attached hydrogens (tertiary/aromatic N) is 2. The van der Waals surface area contributed by atoms with Gasteiger partial charge >= 0.3 is 0 Å². The molecule has 27 heavy (non-hydrogen) atoms. The maximum absolute atomic E-state index is 12.7. The van der Waals surface area contributed by atoms with Crippen LogP contribution in [0.15, 0.2) is 23.0 Å². The van der Waals surface area contributed by atoms with E-state index in [0.29, 0.717) is 31.7 Å². The lowest BCUT2D eigenvalue weighted by Crippen LogP contribution is -2.14. The summed E-state index contributed by atoms with van der Waals surface area (Å²) in [6.45, 7) is 2.22. The number of aromatic amines is 1. The van der Waals surface area contributed by atoms with E-state index in [0.717, 1.165) is 24.8 Å². The maximum Gasteiger partial charge on any atom is 0.260 e. The molecule has 0 radical (unpaired) electrons. The van der Waals surface area contributed by atoms with Crippen molar-refractivity contribution >= 4 is 56.4 Å². The summed E-state index contributed by atoms with van der Waals surface area (Å²) in [6.07, 6.45) is 4.51. The first-order valence-electron chi connectivity index (χ1n) is 8.58. The van der Waals surface area contributed by atoms with E-state index in [4.69, 9.17) is 23.2 Å². The fourth-order valence-electron chi connectivity index (χ4n) is 3.42. The Bertz CT molecular complexity index is 1170. The zero-order valence-corrected chi connectivity index (χ0v) is 16.8. The summed E-state index contributed by atoms with van der Waals surface area (Å²) in [5, 5.41) is 11.1. The van der Waals surface area contributed by atoms with Gasteiger partial charge in [0.25, 0.3) is 5.56 Å². The Hall–Kier alpha value is -2.13. The van der Waals surface area contributed by atoms with Crippen LogP contribution < -0.4 is 5.56 Å². The molecule has 0 saturated carbocycles. The van der Waals surface area contributed by atoms with Crippen molar-refractivity contribution in [2.75, 3.05) is 0 Å². The SMILES string of the molecule is C[C@@H]1CCc2c(sc3nc(/C(C#N)=C/c4c(Cl)cccc4Cl)[nH]c(=O)c23)C1. The van der Waals surface area contributed by atoms with Crippen LogP contribution in [0.25, 0.3) is 21.9 Å². The highest BCUT2D eigenvalue weighted by Crippen LogP contribution is 2.36. The first-order chi connectivity index (χ1) is 13.0. The molecule has 0 fully saturated rings. The van der Waals surface area contributed by atoms with Crippen LogP contribution in [0.4, 0.5) is 0 Å². The Morgan fingerprint density at radius 1 is 1.41 bits per heavy atom. The molecule has 0 unspecified atom stereocenters. The average Bonchev–Trinajstić information content (AvgIpc) is 2.99. The lowest BCUT2D eigenvalue weighted by molar-refractivity contribution is 0.509. The van der Waals surface area contributed by atoms with Gasteiger partial charge < -0.3 is 4.98 Å². The molecule has 0 bridgehead atoms. The summed E-state index contributed by atoms with van der Waals surface area (Å²) < 4.78 is 0. The van der Waals surface area contributed by atoms with Crippen molar-refractivity contribution < 1.29 is 0 Å². The minimum atomic E-state index is -0.201. The van der Waals surface area contributed by atoms with Crippen molar-refractivity contribution in [2.45, 2.75) is 26.2 Å². The van der Waals surface area contributed by atoms with Crippen LogP contribution >= 0.6 is 34.5 Å². The first-order valence-corrected chi connectivity index (χ1v) is 10.2. The van der Waals surface area contributed by atoms with Crippen molar-refractivity contribution in [1.29, 1.82) is 5.26 Å². The van der Waals surface area contributed by atoms with Gasteiger partial charge in [-0.25, -0.2) is 4.98 Å². The van der Waals surface area contributed by atoms with Crippen molar-refractivity contribution in [3.63, 3.8) is 0 Å². The molecule has 136 valence electrons. The third-order valence-corrected chi connectivity index (χ3v) is 6.64. The molecule has 0 saturated heterocycles. The van der Waals surface area contributed by atoms with Crippen molar-refractivity contribution in [3.05, 3.63) is 60.4 Å². The number of hydrogen-bond donors (Lipinski definition) is 1. The Labute approximate surface area is 170 Å². The highest BCUT2D eigenvalue weighted by molar-refractivity contribution is 7.18. The van der Waals surface area contributed by atoms with E-state index >= 15 is 0 Å². The number of hydrogen-bond acceptors (Lipinski definition) is 4. The molecule has 1 aromatic carbocycles. The minimum Gasteiger partial charge on any atom is -0.305 e. The Morgan fingerprint density at radius 2 is 2.15 bits per heavy atom. The van der Waals surface area contributed by atoms with Gasteiger partial charge in [-0.05, 0) is 49.0 Å². The molecule has 4 nitrogen and oxygen atoms in total. The van der Waals surface area contributed by atoms with Gasteiger partial charge in [0.05, 0.1) is 11.0 Å². The summed E-state index contributed by atoms with van der Waals surface area (Å²) in [4.78, 5) is 22.0. The number of allylic oxidation sites excluding steroid dienone is 1. The zero-order valence-electron chi connectivity index (χ0n) is 14.5. The fraction of sp³-hybridized carbons (Fsp3) is 0.250. The largest absolute Gasteiger partial charge is 0.305 e. The quantitative estimate of drug-likeness (QED) is 0.563. The molecule has 3 aromatic rings. The molecule has 2 aromatic heterocycles. The molecule has 0 spiro atoms. The second-order valence-corrected chi connectivity index (χ2v) is 8.65. The normalized spacial score (nSPS) is 17.0. The van der Waals surface area contributed by atoms with Crippen molar-refractivity contribution in [2.24, 2.45) is 5.92 Å². The fourth-order valence-corrected chi connectivity index (χ4v) is 5.31. The molecular weight excluding hydrogens is 401 g/mol. The Kier molecular flexibility index (Phi) is 4.81. The van der Waals surface area contributed by atoms with Crippen LogP contribution in [-0.2, 0) is 12.8 Å². The molecule has 4 rings (SSSR count). The first kappa shape index (κ1) is 18.2. The zero-order chi connectivity index (χ0) is 19.1. The van der Waals surface area contributed by atoms with Gasteiger partial charge in [-0.15, -0.1) is 11.3 Å². The number of benzene rings is 1. The molecule has 2 heterocycles. The van der Waals surface area contributed by atoms with E-state index in [1.807, 2.05) is 0 Å². The standard InChI is InChI=1S/C20H15Cl2N3OS/c1-10-5-6-12-16(7-10)27-20-17(12)19(26)24-18(25-20)11(9-23)8-13-14(21)3-2-4-15(13)22/h2-4,8,10H,5-7H2,1H3,(H,24,25,26)/b11-8+/t10-/m1/s1. The number of aromatic nitrogens is 2. The third kappa shape index (κ3) is 3.29. The van der Waals surface area contributed by atoms with Gasteiger partial charge in [-0.3, -0.25) is 4.79 Å². The van der Waals surface area contributed by atoms with E-state index < -0.39 is 0 Å². The summed E-state index contributed by atoms with van der Waals surface area (Å²) in [5.41, 5.74) is 1.65. The predicted molar refractivity (Wildman–Crippen MR) is 111 cm³/mol. The molecule has 1 N–H and O–H groups in total. The van der Waals surface area contributed by atoms with E-state index in [9.17, 15) is 10.1 Å². The van der Waals surface area contributed by atoms with Gasteiger partial charge in [0.1, 0.15) is 10.9 Å². The number of aryl methyl sites for hydroxylation is 1. The van der Waals surface area contributed by atoms with E-state index in [2.05, 4.69) is 23.0 Å². The molecule has 0 amide bonds. The second kappa shape index (κ2) is 7.12. The summed E-state index contributed by atoms with van der Waals surface area (Å²) in [5.74, 6) is 0.846. The van der Waals surface area contributed by atoms with Gasteiger partial charge in [0.15, 0.2) is 5.82 Å². The Balaban J connectivity index is 1.87. The lowest BCUT2D eigenvalue weighted by Gasteiger charge is -2.17. The average molecular weight is 416 g/mol. The molecule has 7 heteroatoms. The molecule has 1 aliphatic rings. The van der Waals surface area contributed by atoms with Crippen LogP contribution in [0.2, 0.25) is 10.0 Å². The summed E-state index contributed by atoms with van der Waals surface area (Å²) in [7, 11) is 0. The predicted octanol–water partition coefficient (Wildman–Crippen LogP) is 5.48. The smallest absolute Gasteiger partial charge is 0.260 e. The van der Waals surface area contributed by atoms with Crippen LogP contribution in [0.5, 0.6) is 0 Å². The van der Waals surface area contributed by atoms with Crippen molar-refractivity contribution in [1.82, 2.24) is 9.97 Å². The minimum absolute atomic E-state index is 0.201. The van der Waals surface area contributed by atoms with E-state index in [1.165, 1.54) is 4.88 Å². The highest BCUT2D eigenvalue weighted by atomic mass is 35.5. The number of H-pyrrole nitrogens is 1. The third-order valence-electron chi connectivity index (χ3n) is 4.83.